The van der Waals surface area contributed by atoms with Crippen molar-refractivity contribution in [1.82, 2.24) is 14.8 Å². The van der Waals surface area contributed by atoms with E-state index in [0.717, 1.165) is 22.4 Å². The van der Waals surface area contributed by atoms with Crippen molar-refractivity contribution >= 4 is 23.5 Å². The molecule has 31 heavy (non-hydrogen) atoms. The second kappa shape index (κ2) is 8.28. The minimum atomic E-state index is -0.151. The number of nitrogens with one attached hydrogen (secondary N) is 2. The lowest BCUT2D eigenvalue weighted by atomic mass is 10.0. The van der Waals surface area contributed by atoms with E-state index in [-0.39, 0.29) is 24.3 Å². The maximum Gasteiger partial charge on any atom is 0.250 e. The molecule has 0 saturated heterocycles. The number of fused-ring (bicyclic) bond motifs is 1. The summed E-state index contributed by atoms with van der Waals surface area (Å²) in [4.78, 5) is 17.1. The Bertz CT molecular complexity index is 1220. The molecule has 152 valence electrons. The van der Waals surface area contributed by atoms with E-state index in [1.807, 2.05) is 66.7 Å². The quantitative estimate of drug-likeness (QED) is 0.510. The zero-order chi connectivity index (χ0) is 21.0. The SMILES string of the molecule is O=C(Cc1ccccc1)Nc1nc2n(n1)C(c1ccccc1)C=C(c1ccccc1)N2. The number of carbonyl (C=O) groups is 1. The lowest BCUT2D eigenvalue weighted by Gasteiger charge is -2.24. The average molecular weight is 407 g/mol. The lowest BCUT2D eigenvalue weighted by molar-refractivity contribution is -0.115. The van der Waals surface area contributed by atoms with E-state index in [4.69, 9.17) is 0 Å². The topological polar surface area (TPSA) is 71.8 Å². The molecule has 2 N–H and O–H groups in total. The van der Waals surface area contributed by atoms with Gasteiger partial charge in [0.25, 0.3) is 5.95 Å². The van der Waals surface area contributed by atoms with Gasteiger partial charge in [-0.25, -0.2) is 4.68 Å². The Balaban J connectivity index is 1.44. The number of aromatic nitrogens is 3. The Hall–Kier alpha value is -4.19. The van der Waals surface area contributed by atoms with Crippen molar-refractivity contribution < 1.29 is 4.79 Å². The van der Waals surface area contributed by atoms with E-state index in [9.17, 15) is 4.79 Å². The summed E-state index contributed by atoms with van der Waals surface area (Å²) in [5.41, 5.74) is 4.05. The van der Waals surface area contributed by atoms with Gasteiger partial charge in [0.15, 0.2) is 0 Å². The van der Waals surface area contributed by atoms with Crippen molar-refractivity contribution in [3.8, 4) is 0 Å². The van der Waals surface area contributed by atoms with Gasteiger partial charge in [0, 0.05) is 5.70 Å². The highest BCUT2D eigenvalue weighted by molar-refractivity contribution is 5.91. The summed E-state index contributed by atoms with van der Waals surface area (Å²) in [7, 11) is 0. The third kappa shape index (κ3) is 4.09. The summed E-state index contributed by atoms with van der Waals surface area (Å²) < 4.78 is 1.81. The van der Waals surface area contributed by atoms with Crippen LogP contribution in [-0.4, -0.2) is 20.7 Å². The van der Waals surface area contributed by atoms with Crippen molar-refractivity contribution in [1.29, 1.82) is 0 Å². The van der Waals surface area contributed by atoms with Crippen LogP contribution in [-0.2, 0) is 11.2 Å². The first-order valence-electron chi connectivity index (χ1n) is 10.2. The molecule has 3 aromatic carbocycles. The fraction of sp³-hybridized carbons (Fsp3) is 0.0800. The average Bonchev–Trinajstić information content (AvgIpc) is 3.22. The summed E-state index contributed by atoms with van der Waals surface area (Å²) in [6.45, 7) is 0. The zero-order valence-corrected chi connectivity index (χ0v) is 16.8. The number of amides is 1. The number of rotatable bonds is 5. The van der Waals surface area contributed by atoms with Crippen molar-refractivity contribution in [2.75, 3.05) is 10.6 Å². The summed E-state index contributed by atoms with van der Waals surface area (Å²) >= 11 is 0. The number of allylic oxidation sites excluding steroid dienone is 1. The highest BCUT2D eigenvalue weighted by atomic mass is 16.1. The smallest absolute Gasteiger partial charge is 0.250 e. The number of hydrogen-bond acceptors (Lipinski definition) is 4. The van der Waals surface area contributed by atoms with Crippen molar-refractivity contribution in [3.63, 3.8) is 0 Å². The molecule has 5 rings (SSSR count). The first-order chi connectivity index (χ1) is 15.3. The molecule has 4 aromatic rings. The molecule has 6 nitrogen and oxygen atoms in total. The Kier molecular flexibility index (Phi) is 5.02. The second-order valence-electron chi connectivity index (χ2n) is 7.34. The molecular formula is C25H21N5O. The normalized spacial score (nSPS) is 14.8. The molecule has 1 unspecified atom stereocenters. The molecule has 1 amide bonds. The number of carbonyl (C=O) groups excluding carboxylic acids is 1. The van der Waals surface area contributed by atoms with Crippen LogP contribution >= 0.6 is 0 Å². The number of anilines is 2. The van der Waals surface area contributed by atoms with Gasteiger partial charge >= 0.3 is 0 Å². The van der Waals surface area contributed by atoms with Crippen LogP contribution in [0.3, 0.4) is 0 Å². The third-order valence-electron chi connectivity index (χ3n) is 5.15. The van der Waals surface area contributed by atoms with Crippen molar-refractivity contribution in [3.05, 3.63) is 114 Å². The van der Waals surface area contributed by atoms with Crippen LogP contribution in [0.5, 0.6) is 0 Å². The second-order valence-corrected chi connectivity index (χ2v) is 7.34. The van der Waals surface area contributed by atoms with Gasteiger partial charge in [-0.2, -0.15) is 4.98 Å². The third-order valence-corrected chi connectivity index (χ3v) is 5.15. The van der Waals surface area contributed by atoms with Crippen LogP contribution < -0.4 is 10.6 Å². The lowest BCUT2D eigenvalue weighted by Crippen LogP contribution is -2.20. The van der Waals surface area contributed by atoms with E-state index < -0.39 is 0 Å². The molecule has 0 radical (unpaired) electrons. The van der Waals surface area contributed by atoms with E-state index in [1.54, 1.807) is 4.68 Å². The van der Waals surface area contributed by atoms with Crippen LogP contribution in [0.4, 0.5) is 11.9 Å². The first kappa shape index (κ1) is 18.8. The molecule has 0 bridgehead atoms. The minimum Gasteiger partial charge on any atom is -0.324 e. The first-order valence-corrected chi connectivity index (χ1v) is 10.2. The Morgan fingerprint density at radius 2 is 1.55 bits per heavy atom. The van der Waals surface area contributed by atoms with E-state index >= 15 is 0 Å². The number of nitrogens with zero attached hydrogens (tertiary/aromatic N) is 3. The van der Waals surface area contributed by atoms with E-state index in [0.29, 0.717) is 5.95 Å². The Morgan fingerprint density at radius 3 is 2.26 bits per heavy atom. The molecular weight excluding hydrogens is 386 g/mol. The van der Waals surface area contributed by atoms with Crippen LogP contribution in [0, 0.1) is 0 Å². The van der Waals surface area contributed by atoms with Crippen molar-refractivity contribution in [2.24, 2.45) is 0 Å². The molecule has 0 fully saturated rings. The molecule has 1 atom stereocenters. The van der Waals surface area contributed by atoms with Crippen molar-refractivity contribution in [2.45, 2.75) is 12.5 Å². The standard InChI is InChI=1S/C25H21N5O/c31-23(16-18-10-4-1-5-11-18)27-24-28-25-26-21(19-12-6-2-7-13-19)17-22(30(25)29-24)20-14-8-3-9-15-20/h1-15,17,22H,16H2,(H2,26,27,28,29,31). The molecule has 1 aliphatic rings. The Labute approximate surface area is 180 Å². The molecule has 0 saturated carbocycles. The van der Waals surface area contributed by atoms with Gasteiger partial charge in [0.2, 0.25) is 11.9 Å². The van der Waals surface area contributed by atoms with Crippen LogP contribution in [0.25, 0.3) is 5.70 Å². The maximum absolute atomic E-state index is 12.5. The summed E-state index contributed by atoms with van der Waals surface area (Å²) in [5, 5.41) is 10.8. The number of benzene rings is 3. The predicted molar refractivity (Wildman–Crippen MR) is 121 cm³/mol. The molecule has 1 aromatic heterocycles. The fourth-order valence-corrected chi connectivity index (χ4v) is 3.67. The monoisotopic (exact) mass is 407 g/mol. The summed E-state index contributed by atoms with van der Waals surface area (Å²) in [6.07, 6.45) is 2.40. The summed E-state index contributed by atoms with van der Waals surface area (Å²) in [6, 6.07) is 29.7. The van der Waals surface area contributed by atoms with Gasteiger partial charge in [0.1, 0.15) is 6.04 Å². The fourth-order valence-electron chi connectivity index (χ4n) is 3.67. The highest BCUT2D eigenvalue weighted by Crippen LogP contribution is 2.33. The van der Waals surface area contributed by atoms with E-state index in [1.165, 1.54) is 0 Å². The van der Waals surface area contributed by atoms with Gasteiger partial charge in [-0.15, -0.1) is 5.10 Å². The van der Waals surface area contributed by atoms with Crippen LogP contribution in [0.2, 0.25) is 0 Å². The predicted octanol–water partition coefficient (Wildman–Crippen LogP) is 4.52. The van der Waals surface area contributed by atoms with Gasteiger partial charge in [-0.1, -0.05) is 91.0 Å². The highest BCUT2D eigenvalue weighted by Gasteiger charge is 2.25. The van der Waals surface area contributed by atoms with Gasteiger partial charge < -0.3 is 5.32 Å². The van der Waals surface area contributed by atoms with Crippen LogP contribution in [0.1, 0.15) is 22.7 Å². The van der Waals surface area contributed by atoms with Crippen LogP contribution in [0.15, 0.2) is 97.1 Å². The maximum atomic E-state index is 12.5. The van der Waals surface area contributed by atoms with Gasteiger partial charge in [0.05, 0.1) is 6.42 Å². The molecule has 6 heteroatoms. The Morgan fingerprint density at radius 1 is 0.903 bits per heavy atom. The van der Waals surface area contributed by atoms with Gasteiger partial charge in [-0.3, -0.25) is 10.1 Å². The zero-order valence-electron chi connectivity index (χ0n) is 16.8. The molecule has 0 spiro atoms. The number of hydrogen-bond donors (Lipinski definition) is 2. The van der Waals surface area contributed by atoms with E-state index in [2.05, 4.69) is 51.1 Å². The van der Waals surface area contributed by atoms with Gasteiger partial charge in [-0.05, 0) is 22.8 Å². The molecule has 0 aliphatic carbocycles. The minimum absolute atomic E-state index is 0.139. The molecule has 1 aliphatic heterocycles. The summed E-state index contributed by atoms with van der Waals surface area (Å²) in [5.74, 6) is 0.721. The largest absolute Gasteiger partial charge is 0.324 e. The molecule has 2 heterocycles.